The molecule has 0 bridgehead atoms. The molecule has 0 heterocycles. The normalized spacial score (nSPS) is 14.9. The second kappa shape index (κ2) is 7.82. The molecule has 1 aromatic carbocycles. The van der Waals surface area contributed by atoms with E-state index < -0.39 is 11.8 Å². The zero-order valence-corrected chi connectivity index (χ0v) is 13.2. The van der Waals surface area contributed by atoms with E-state index in [-0.39, 0.29) is 18.7 Å². The zero-order chi connectivity index (χ0) is 15.9. The van der Waals surface area contributed by atoms with Crippen molar-refractivity contribution in [2.24, 2.45) is 0 Å². The van der Waals surface area contributed by atoms with Crippen LogP contribution in [0.5, 0.6) is 5.75 Å². The molecule has 1 aromatic rings. The van der Waals surface area contributed by atoms with Gasteiger partial charge in [-0.15, -0.1) is 0 Å². The molecule has 0 atom stereocenters. The van der Waals surface area contributed by atoms with E-state index in [1.54, 1.807) is 0 Å². The average molecular weight is 304 g/mol. The van der Waals surface area contributed by atoms with Gasteiger partial charge in [-0.2, -0.15) is 0 Å². The first-order valence-electron chi connectivity index (χ1n) is 7.89. The number of amides is 2. The molecular weight excluding hydrogens is 280 g/mol. The molecule has 0 radical (unpaired) electrons. The zero-order valence-electron chi connectivity index (χ0n) is 13.2. The quantitative estimate of drug-likeness (QED) is 0.819. The number of carbonyl (C=O) groups excluding carboxylic acids is 2. The van der Waals surface area contributed by atoms with Crippen LogP contribution in [0.1, 0.15) is 45.1 Å². The van der Waals surface area contributed by atoms with E-state index in [0.717, 1.165) is 37.0 Å². The molecule has 2 amide bonds. The first kappa shape index (κ1) is 16.3. The van der Waals surface area contributed by atoms with Gasteiger partial charge in [-0.25, -0.2) is 0 Å². The summed E-state index contributed by atoms with van der Waals surface area (Å²) in [7, 11) is 0. The summed E-state index contributed by atoms with van der Waals surface area (Å²) < 4.78 is 5.69. The lowest BCUT2D eigenvalue weighted by Gasteiger charge is -2.15. The number of ether oxygens (including phenoxy) is 1. The largest absolute Gasteiger partial charge is 0.491 e. The Balaban J connectivity index is 1.86. The molecule has 0 aliphatic heterocycles. The van der Waals surface area contributed by atoms with Crippen molar-refractivity contribution in [3.63, 3.8) is 0 Å². The third-order valence-electron chi connectivity index (χ3n) is 3.67. The molecule has 2 N–H and O–H groups in total. The highest BCUT2D eigenvalue weighted by Crippen LogP contribution is 2.19. The second-order valence-corrected chi connectivity index (χ2v) is 5.91. The average Bonchev–Trinajstić information content (AvgIpc) is 2.98. The molecule has 0 saturated heterocycles. The van der Waals surface area contributed by atoms with Gasteiger partial charge in [-0.3, -0.25) is 9.59 Å². The first-order valence-corrected chi connectivity index (χ1v) is 7.89. The molecule has 22 heavy (non-hydrogen) atoms. The summed E-state index contributed by atoms with van der Waals surface area (Å²) in [4.78, 5) is 23.7. The van der Waals surface area contributed by atoms with Crippen molar-refractivity contribution in [2.75, 3.05) is 0 Å². The maximum Gasteiger partial charge on any atom is 0.309 e. The molecule has 5 nitrogen and oxygen atoms in total. The van der Waals surface area contributed by atoms with Gasteiger partial charge in [-0.1, -0.05) is 31.0 Å². The maximum absolute atomic E-state index is 11.9. The van der Waals surface area contributed by atoms with E-state index in [9.17, 15) is 9.59 Å². The van der Waals surface area contributed by atoms with E-state index in [0.29, 0.717) is 0 Å². The van der Waals surface area contributed by atoms with Crippen molar-refractivity contribution < 1.29 is 14.3 Å². The SMILES string of the molecule is CC(C)Oc1ccccc1CNC(=O)C(=O)NC1CCCC1. The number of hydrogen-bond acceptors (Lipinski definition) is 3. The van der Waals surface area contributed by atoms with Gasteiger partial charge in [0, 0.05) is 18.2 Å². The summed E-state index contributed by atoms with van der Waals surface area (Å²) >= 11 is 0. The lowest BCUT2D eigenvalue weighted by atomic mass is 10.2. The van der Waals surface area contributed by atoms with Crippen LogP contribution in [0.3, 0.4) is 0 Å². The minimum absolute atomic E-state index is 0.0579. The third kappa shape index (κ3) is 4.76. The number of carbonyl (C=O) groups is 2. The van der Waals surface area contributed by atoms with Gasteiger partial charge in [0.2, 0.25) is 0 Å². The van der Waals surface area contributed by atoms with Crippen LogP contribution >= 0.6 is 0 Å². The summed E-state index contributed by atoms with van der Waals surface area (Å²) in [5.74, 6) is -0.408. The Bertz CT molecular complexity index is 522. The van der Waals surface area contributed by atoms with Gasteiger partial charge < -0.3 is 15.4 Å². The van der Waals surface area contributed by atoms with Crippen molar-refractivity contribution in [3.8, 4) is 5.75 Å². The number of benzene rings is 1. The number of rotatable bonds is 5. The Morgan fingerprint density at radius 3 is 2.55 bits per heavy atom. The molecule has 120 valence electrons. The van der Waals surface area contributed by atoms with Crippen LogP contribution in [0.25, 0.3) is 0 Å². The van der Waals surface area contributed by atoms with Crippen molar-refractivity contribution in [3.05, 3.63) is 29.8 Å². The Morgan fingerprint density at radius 1 is 1.18 bits per heavy atom. The maximum atomic E-state index is 11.9. The fourth-order valence-corrected chi connectivity index (χ4v) is 2.60. The van der Waals surface area contributed by atoms with Gasteiger partial charge >= 0.3 is 11.8 Å². The molecular formula is C17H24N2O3. The molecule has 1 saturated carbocycles. The van der Waals surface area contributed by atoms with Crippen LogP contribution in [0.4, 0.5) is 0 Å². The van der Waals surface area contributed by atoms with E-state index in [1.807, 2.05) is 38.1 Å². The molecule has 1 fully saturated rings. The van der Waals surface area contributed by atoms with E-state index in [2.05, 4.69) is 10.6 Å². The lowest BCUT2D eigenvalue weighted by molar-refractivity contribution is -0.139. The number of hydrogen-bond donors (Lipinski definition) is 2. The highest BCUT2D eigenvalue weighted by Gasteiger charge is 2.21. The van der Waals surface area contributed by atoms with Crippen LogP contribution in [0, 0.1) is 0 Å². The summed E-state index contributed by atoms with van der Waals surface area (Å²) in [5, 5.41) is 5.43. The minimum atomic E-state index is -0.591. The first-order chi connectivity index (χ1) is 10.6. The topological polar surface area (TPSA) is 67.4 Å². The van der Waals surface area contributed by atoms with Crippen LogP contribution in [0.2, 0.25) is 0 Å². The van der Waals surface area contributed by atoms with Gasteiger partial charge in [0.05, 0.1) is 6.10 Å². The summed E-state index contributed by atoms with van der Waals surface area (Å²) in [5.41, 5.74) is 0.859. The van der Waals surface area contributed by atoms with Crippen molar-refractivity contribution >= 4 is 11.8 Å². The lowest BCUT2D eigenvalue weighted by Crippen LogP contribution is -2.43. The fourth-order valence-electron chi connectivity index (χ4n) is 2.60. The molecule has 1 aliphatic rings. The molecule has 5 heteroatoms. The van der Waals surface area contributed by atoms with Gasteiger partial charge in [0.15, 0.2) is 0 Å². The van der Waals surface area contributed by atoms with Crippen LogP contribution in [-0.4, -0.2) is 24.0 Å². The summed E-state index contributed by atoms with van der Waals surface area (Å²) in [6.07, 6.45) is 4.22. The Kier molecular flexibility index (Phi) is 5.81. The van der Waals surface area contributed by atoms with Crippen LogP contribution in [0.15, 0.2) is 24.3 Å². The number of nitrogens with one attached hydrogen (secondary N) is 2. The van der Waals surface area contributed by atoms with Gasteiger partial charge in [0.1, 0.15) is 5.75 Å². The molecule has 0 aromatic heterocycles. The molecule has 1 aliphatic carbocycles. The highest BCUT2D eigenvalue weighted by molar-refractivity contribution is 6.35. The fraction of sp³-hybridized carbons (Fsp3) is 0.529. The van der Waals surface area contributed by atoms with Gasteiger partial charge in [-0.05, 0) is 32.8 Å². The predicted octanol–water partition coefficient (Wildman–Crippen LogP) is 2.15. The van der Waals surface area contributed by atoms with Crippen LogP contribution < -0.4 is 15.4 Å². The summed E-state index contributed by atoms with van der Waals surface area (Å²) in [6.45, 7) is 4.18. The van der Waals surface area contributed by atoms with E-state index in [4.69, 9.17) is 4.74 Å². The van der Waals surface area contributed by atoms with Crippen molar-refractivity contribution in [1.82, 2.24) is 10.6 Å². The second-order valence-electron chi connectivity index (χ2n) is 5.91. The van der Waals surface area contributed by atoms with Gasteiger partial charge in [0.25, 0.3) is 0 Å². The molecule has 2 rings (SSSR count). The van der Waals surface area contributed by atoms with Crippen molar-refractivity contribution in [2.45, 2.75) is 58.2 Å². The Labute approximate surface area is 131 Å². The molecule has 0 spiro atoms. The predicted molar refractivity (Wildman–Crippen MR) is 84.5 cm³/mol. The Hall–Kier alpha value is -2.04. The Morgan fingerprint density at radius 2 is 1.86 bits per heavy atom. The smallest absolute Gasteiger partial charge is 0.309 e. The van der Waals surface area contributed by atoms with E-state index >= 15 is 0 Å². The monoisotopic (exact) mass is 304 g/mol. The number of para-hydroxylation sites is 1. The van der Waals surface area contributed by atoms with Crippen LogP contribution in [-0.2, 0) is 16.1 Å². The van der Waals surface area contributed by atoms with E-state index in [1.165, 1.54) is 0 Å². The van der Waals surface area contributed by atoms with Crippen molar-refractivity contribution in [1.29, 1.82) is 0 Å². The third-order valence-corrected chi connectivity index (χ3v) is 3.67. The highest BCUT2D eigenvalue weighted by atomic mass is 16.5. The standard InChI is InChI=1S/C17H24N2O3/c1-12(2)22-15-10-6-3-7-13(15)11-18-16(20)17(21)19-14-8-4-5-9-14/h3,6-7,10,12,14H,4-5,8-9,11H2,1-2H3,(H,18,20)(H,19,21). The summed E-state index contributed by atoms with van der Waals surface area (Å²) in [6, 6.07) is 7.66. The minimum Gasteiger partial charge on any atom is -0.491 e. The molecule has 0 unspecified atom stereocenters.